The van der Waals surface area contributed by atoms with Gasteiger partial charge in [-0.1, -0.05) is 23.4 Å². The molecule has 0 spiro atoms. The highest BCUT2D eigenvalue weighted by Crippen LogP contribution is 2.44. The number of amides is 3. The van der Waals surface area contributed by atoms with Gasteiger partial charge in [0.1, 0.15) is 17.1 Å². The molecule has 2 aliphatic rings. The Balaban J connectivity index is 1.92. The highest BCUT2D eigenvalue weighted by atomic mass is 35.5. The standard InChI is InChI=1S/C19H18ClN3O5S/c1-8-12-14(24)13(16(25)21-9-5-6-11(28-4)10(20)7-9)17(26)22-18(12)29-15(8)19(27)23(2)3/h5-7,12,24H,1-4H3,(H,21,25). The average Bonchev–Trinajstić information content (AvgIpc) is 2.97. The quantitative estimate of drug-likeness (QED) is 0.704. The molecule has 1 aromatic rings. The molecular formula is C19H18ClN3O5S. The van der Waals surface area contributed by atoms with Gasteiger partial charge in [0, 0.05) is 19.8 Å². The van der Waals surface area contributed by atoms with Crippen molar-refractivity contribution in [3.63, 3.8) is 0 Å². The number of likely N-dealkylation sites (N-methyl/N-ethyl adjacent to an activating group) is 1. The van der Waals surface area contributed by atoms with Crippen LogP contribution < -0.4 is 10.1 Å². The number of dihydropyridines is 1. The van der Waals surface area contributed by atoms with E-state index in [1.807, 2.05) is 0 Å². The van der Waals surface area contributed by atoms with E-state index in [0.29, 0.717) is 21.9 Å². The van der Waals surface area contributed by atoms with Gasteiger partial charge in [-0.2, -0.15) is 0 Å². The number of hydrogen-bond donors (Lipinski definition) is 2. The first-order valence-corrected chi connectivity index (χ1v) is 9.66. The summed E-state index contributed by atoms with van der Waals surface area (Å²) in [4.78, 5) is 43.1. The van der Waals surface area contributed by atoms with E-state index in [-0.39, 0.29) is 16.0 Å². The first-order chi connectivity index (χ1) is 13.6. The van der Waals surface area contributed by atoms with Gasteiger partial charge in [-0.15, -0.1) is 0 Å². The number of methoxy groups -OCH3 is 1. The molecule has 1 unspecified atom stereocenters. The fraction of sp³-hybridized carbons (Fsp3) is 0.263. The summed E-state index contributed by atoms with van der Waals surface area (Å²) in [7, 11) is 4.67. The molecule has 2 aliphatic heterocycles. The molecule has 0 saturated heterocycles. The van der Waals surface area contributed by atoms with Crippen LogP contribution in [0.1, 0.15) is 6.92 Å². The van der Waals surface area contributed by atoms with Gasteiger partial charge in [0.25, 0.3) is 17.7 Å². The number of carbonyl (C=O) groups is 3. The third-order valence-corrected chi connectivity index (χ3v) is 5.97. The molecule has 8 nitrogen and oxygen atoms in total. The number of rotatable bonds is 4. The third-order valence-electron chi connectivity index (χ3n) is 4.44. The molecule has 0 bridgehead atoms. The lowest BCUT2D eigenvalue weighted by Crippen LogP contribution is -2.29. The minimum Gasteiger partial charge on any atom is -0.510 e. The predicted octanol–water partition coefficient (Wildman–Crippen LogP) is 2.76. The molecule has 0 fully saturated rings. The molecule has 0 aliphatic carbocycles. The van der Waals surface area contributed by atoms with E-state index < -0.39 is 29.1 Å². The van der Waals surface area contributed by atoms with Gasteiger partial charge in [0.15, 0.2) is 0 Å². The second-order valence-corrected chi connectivity index (χ2v) is 8.00. The predicted molar refractivity (Wildman–Crippen MR) is 111 cm³/mol. The smallest absolute Gasteiger partial charge is 0.286 e. The summed E-state index contributed by atoms with van der Waals surface area (Å²) in [5, 5.41) is 13.8. The Labute approximate surface area is 176 Å². The normalized spacial score (nSPS) is 18.4. The number of carbonyl (C=O) groups excluding carboxylic acids is 3. The van der Waals surface area contributed by atoms with Crippen LogP contribution in [-0.4, -0.2) is 54.0 Å². The number of nitrogens with one attached hydrogen (secondary N) is 1. The number of anilines is 1. The fourth-order valence-electron chi connectivity index (χ4n) is 2.95. The van der Waals surface area contributed by atoms with Gasteiger partial charge in [0.05, 0.1) is 28.0 Å². The Bertz CT molecular complexity index is 1030. The van der Waals surface area contributed by atoms with Gasteiger partial charge in [-0.3, -0.25) is 14.4 Å². The minimum absolute atomic E-state index is 0.260. The van der Waals surface area contributed by atoms with Crippen LogP contribution in [0, 0.1) is 5.92 Å². The van der Waals surface area contributed by atoms with E-state index in [1.165, 1.54) is 18.1 Å². The number of halogens is 1. The molecule has 0 aromatic heterocycles. The monoisotopic (exact) mass is 435 g/mol. The minimum atomic E-state index is -0.871. The van der Waals surface area contributed by atoms with E-state index >= 15 is 0 Å². The van der Waals surface area contributed by atoms with Crippen molar-refractivity contribution in [1.82, 2.24) is 4.90 Å². The molecule has 3 rings (SSSR count). The van der Waals surface area contributed by atoms with Crippen molar-refractivity contribution in [2.45, 2.75) is 6.92 Å². The molecule has 1 atom stereocenters. The molecule has 10 heteroatoms. The average molecular weight is 436 g/mol. The van der Waals surface area contributed by atoms with Gasteiger partial charge in [0.2, 0.25) is 0 Å². The number of allylic oxidation sites excluding steroid dienone is 1. The summed E-state index contributed by atoms with van der Waals surface area (Å²) in [5.74, 6) is -2.74. The van der Waals surface area contributed by atoms with Crippen LogP contribution in [0.4, 0.5) is 5.69 Å². The number of benzene rings is 1. The summed E-state index contributed by atoms with van der Waals surface area (Å²) >= 11 is 7.08. The number of ether oxygens (including phenoxy) is 1. The molecule has 29 heavy (non-hydrogen) atoms. The Hall–Kier alpha value is -2.78. The Morgan fingerprint density at radius 2 is 2.03 bits per heavy atom. The highest BCUT2D eigenvalue weighted by Gasteiger charge is 2.43. The maximum absolute atomic E-state index is 12.7. The number of aliphatic hydroxyl groups excluding tert-OH is 1. The Morgan fingerprint density at radius 1 is 1.34 bits per heavy atom. The zero-order chi connectivity index (χ0) is 21.5. The zero-order valence-electron chi connectivity index (χ0n) is 16.1. The van der Waals surface area contributed by atoms with Crippen molar-refractivity contribution in [2.75, 3.05) is 26.5 Å². The van der Waals surface area contributed by atoms with Crippen LogP contribution in [0.3, 0.4) is 0 Å². The second kappa shape index (κ2) is 7.92. The summed E-state index contributed by atoms with van der Waals surface area (Å²) in [6.45, 7) is 1.67. The Morgan fingerprint density at radius 3 is 2.62 bits per heavy atom. The van der Waals surface area contributed by atoms with Crippen LogP contribution in [-0.2, 0) is 14.4 Å². The molecule has 1 aromatic carbocycles. The van der Waals surface area contributed by atoms with E-state index in [4.69, 9.17) is 16.3 Å². The summed E-state index contributed by atoms with van der Waals surface area (Å²) in [6, 6.07) is 4.57. The SMILES string of the molecule is COc1ccc(NC(=O)C2=C(O)C3C(=NC2=O)SC(C(=O)N(C)C)=C3C)cc1Cl. The van der Waals surface area contributed by atoms with E-state index in [1.54, 1.807) is 33.2 Å². The fourth-order valence-corrected chi connectivity index (χ4v) is 4.50. The number of fused-ring (bicyclic) bond motifs is 1. The van der Waals surface area contributed by atoms with Crippen LogP contribution in [0.15, 0.2) is 45.0 Å². The van der Waals surface area contributed by atoms with Crippen molar-refractivity contribution in [1.29, 1.82) is 0 Å². The molecule has 2 N–H and O–H groups in total. The molecule has 0 radical (unpaired) electrons. The Kier molecular flexibility index (Phi) is 5.72. The molecule has 0 saturated carbocycles. The number of hydrogen-bond acceptors (Lipinski definition) is 6. The summed E-state index contributed by atoms with van der Waals surface area (Å²) in [6.07, 6.45) is 0. The summed E-state index contributed by atoms with van der Waals surface area (Å²) < 4.78 is 5.06. The third kappa shape index (κ3) is 3.75. The van der Waals surface area contributed by atoms with Gasteiger partial charge < -0.3 is 20.1 Å². The number of nitrogens with zero attached hydrogens (tertiary/aromatic N) is 2. The van der Waals surface area contributed by atoms with Crippen molar-refractivity contribution in [3.05, 3.63) is 45.0 Å². The van der Waals surface area contributed by atoms with Crippen molar-refractivity contribution in [3.8, 4) is 5.75 Å². The largest absolute Gasteiger partial charge is 0.510 e. The lowest BCUT2D eigenvalue weighted by atomic mass is 9.93. The van der Waals surface area contributed by atoms with Gasteiger partial charge >= 0.3 is 0 Å². The maximum atomic E-state index is 12.7. The maximum Gasteiger partial charge on any atom is 0.286 e. The molecule has 3 amide bonds. The number of thioether (sulfide) groups is 1. The van der Waals surface area contributed by atoms with E-state index in [2.05, 4.69) is 10.3 Å². The number of aliphatic hydroxyl groups is 1. The lowest BCUT2D eigenvalue weighted by Gasteiger charge is -2.19. The molecular weight excluding hydrogens is 418 g/mol. The van der Waals surface area contributed by atoms with Gasteiger partial charge in [-0.05, 0) is 30.7 Å². The van der Waals surface area contributed by atoms with Crippen molar-refractivity contribution in [2.24, 2.45) is 10.9 Å². The molecule has 152 valence electrons. The zero-order valence-corrected chi connectivity index (χ0v) is 17.6. The van der Waals surface area contributed by atoms with Gasteiger partial charge in [-0.25, -0.2) is 4.99 Å². The van der Waals surface area contributed by atoms with Crippen molar-refractivity contribution < 1.29 is 24.2 Å². The lowest BCUT2D eigenvalue weighted by molar-refractivity contribution is -0.124. The van der Waals surface area contributed by atoms with Crippen LogP contribution in [0.5, 0.6) is 5.75 Å². The van der Waals surface area contributed by atoms with Crippen LogP contribution in [0.25, 0.3) is 0 Å². The first kappa shape index (κ1) is 20.9. The van der Waals surface area contributed by atoms with Crippen LogP contribution in [0.2, 0.25) is 5.02 Å². The van der Waals surface area contributed by atoms with E-state index in [0.717, 1.165) is 11.8 Å². The van der Waals surface area contributed by atoms with Crippen molar-refractivity contribution >= 4 is 51.8 Å². The summed E-state index contributed by atoms with van der Waals surface area (Å²) in [5.41, 5.74) is 0.389. The van der Waals surface area contributed by atoms with E-state index in [9.17, 15) is 19.5 Å². The second-order valence-electron chi connectivity index (χ2n) is 6.57. The topological polar surface area (TPSA) is 108 Å². The van der Waals surface area contributed by atoms with Crippen LogP contribution >= 0.6 is 23.4 Å². The number of aliphatic imine (C=N–C) groups is 1. The first-order valence-electron chi connectivity index (χ1n) is 8.46. The molecule has 2 heterocycles. The highest BCUT2D eigenvalue weighted by molar-refractivity contribution is 8.18.